The monoisotopic (exact) mass is 241 g/mol. The Kier molecular flexibility index (Phi) is 2.88. The van der Waals surface area contributed by atoms with Gasteiger partial charge in [-0.2, -0.15) is 0 Å². The quantitative estimate of drug-likeness (QED) is 0.795. The minimum Gasteiger partial charge on any atom is -0.394 e. The third-order valence-electron chi connectivity index (χ3n) is 4.57. The second kappa shape index (κ2) is 3.77. The number of Topliss-reactive ketones (excluding diaryl/α,β-unsaturated/α-hetero) is 1. The fraction of sp³-hybridized carbons (Fsp3) is 0.923. The van der Waals surface area contributed by atoms with Gasteiger partial charge in [-0.25, -0.2) is 0 Å². The number of hydrogen-bond donors (Lipinski definition) is 1. The van der Waals surface area contributed by atoms with Crippen LogP contribution in [0.3, 0.4) is 0 Å². The van der Waals surface area contributed by atoms with Gasteiger partial charge in [0.2, 0.25) is 0 Å². The summed E-state index contributed by atoms with van der Waals surface area (Å²) in [6.07, 6.45) is 1.75. The third-order valence-corrected chi connectivity index (χ3v) is 4.57. The summed E-state index contributed by atoms with van der Waals surface area (Å²) in [7, 11) is 1.59. The maximum Gasteiger partial charge on any atom is 0.163 e. The maximum absolute atomic E-state index is 12.7. The van der Waals surface area contributed by atoms with E-state index in [-0.39, 0.29) is 30.0 Å². The fourth-order valence-electron chi connectivity index (χ4n) is 4.06. The van der Waals surface area contributed by atoms with Crippen molar-refractivity contribution >= 4 is 5.78 Å². The van der Waals surface area contributed by atoms with E-state index in [0.717, 1.165) is 19.4 Å². The van der Waals surface area contributed by atoms with Gasteiger partial charge in [-0.05, 0) is 26.7 Å². The molecule has 2 bridgehead atoms. The van der Waals surface area contributed by atoms with Crippen LogP contribution in [0.25, 0.3) is 0 Å². The van der Waals surface area contributed by atoms with Crippen LogP contribution in [-0.4, -0.2) is 53.7 Å². The molecule has 0 aromatic heterocycles. The standard InChI is InChI=1S/C13H23NO3/c1-11(2)7-12(3)5-6-14(11)13(8-15,9-17-4)10(12)16/h15H,5-9H2,1-4H3. The van der Waals surface area contributed by atoms with Crippen molar-refractivity contribution in [2.45, 2.75) is 44.7 Å². The van der Waals surface area contributed by atoms with Crippen molar-refractivity contribution in [3.8, 4) is 0 Å². The molecule has 0 radical (unpaired) electrons. The highest BCUT2D eigenvalue weighted by atomic mass is 16.5. The zero-order valence-electron chi connectivity index (χ0n) is 11.2. The number of ether oxygens (including phenoxy) is 1. The molecule has 4 heteroatoms. The number of nitrogens with zero attached hydrogens (tertiary/aromatic N) is 1. The minimum atomic E-state index is -0.830. The van der Waals surface area contributed by atoms with Crippen molar-refractivity contribution < 1.29 is 14.6 Å². The fourth-order valence-corrected chi connectivity index (χ4v) is 4.06. The summed E-state index contributed by atoms with van der Waals surface area (Å²) in [6.45, 7) is 7.32. The normalized spacial score (nSPS) is 44.1. The Bertz CT molecular complexity index is 342. The van der Waals surface area contributed by atoms with Gasteiger partial charge >= 0.3 is 0 Å². The van der Waals surface area contributed by atoms with Crippen LogP contribution in [0.2, 0.25) is 0 Å². The molecule has 3 aliphatic rings. The number of piperidine rings is 3. The van der Waals surface area contributed by atoms with E-state index in [1.807, 2.05) is 6.92 Å². The van der Waals surface area contributed by atoms with Crippen LogP contribution in [0.1, 0.15) is 33.6 Å². The Hall–Kier alpha value is -0.450. The lowest BCUT2D eigenvalue weighted by atomic mass is 9.58. The summed E-state index contributed by atoms with van der Waals surface area (Å²) in [6, 6.07) is 0. The zero-order valence-corrected chi connectivity index (χ0v) is 11.2. The van der Waals surface area contributed by atoms with E-state index in [1.165, 1.54) is 0 Å². The van der Waals surface area contributed by atoms with E-state index in [1.54, 1.807) is 7.11 Å². The predicted octanol–water partition coefficient (Wildman–Crippen LogP) is 0.827. The van der Waals surface area contributed by atoms with Crippen LogP contribution in [-0.2, 0) is 9.53 Å². The second-order valence-electron chi connectivity index (χ2n) is 6.40. The van der Waals surface area contributed by atoms with Crippen LogP contribution in [0.5, 0.6) is 0 Å². The highest BCUT2D eigenvalue weighted by molar-refractivity contribution is 5.95. The van der Waals surface area contributed by atoms with Crippen LogP contribution < -0.4 is 0 Å². The van der Waals surface area contributed by atoms with Crippen LogP contribution in [0, 0.1) is 5.41 Å². The van der Waals surface area contributed by atoms with Crippen molar-refractivity contribution in [2.75, 3.05) is 26.9 Å². The lowest BCUT2D eigenvalue weighted by Crippen LogP contribution is -2.77. The Morgan fingerprint density at radius 2 is 2.06 bits per heavy atom. The summed E-state index contributed by atoms with van der Waals surface area (Å²) >= 11 is 0. The first-order valence-corrected chi connectivity index (χ1v) is 6.25. The summed E-state index contributed by atoms with van der Waals surface area (Å²) < 4.78 is 5.21. The van der Waals surface area contributed by atoms with Gasteiger partial charge in [0.05, 0.1) is 13.2 Å². The molecule has 3 atom stereocenters. The van der Waals surface area contributed by atoms with Crippen LogP contribution in [0.15, 0.2) is 0 Å². The molecule has 17 heavy (non-hydrogen) atoms. The number of aliphatic hydroxyl groups is 1. The molecule has 3 unspecified atom stereocenters. The molecule has 0 spiro atoms. The van der Waals surface area contributed by atoms with Gasteiger partial charge in [-0.3, -0.25) is 9.69 Å². The summed E-state index contributed by atoms with van der Waals surface area (Å²) in [5.41, 5.74) is -1.19. The number of ketones is 1. The Morgan fingerprint density at radius 3 is 2.53 bits per heavy atom. The number of carbonyl (C=O) groups is 1. The van der Waals surface area contributed by atoms with E-state index in [0.29, 0.717) is 0 Å². The third kappa shape index (κ3) is 1.58. The number of methoxy groups -OCH3 is 1. The van der Waals surface area contributed by atoms with Crippen molar-refractivity contribution in [3.63, 3.8) is 0 Å². The number of aliphatic hydroxyl groups excluding tert-OH is 1. The lowest BCUT2D eigenvalue weighted by molar-refractivity contribution is -0.190. The van der Waals surface area contributed by atoms with Crippen molar-refractivity contribution in [2.24, 2.45) is 5.41 Å². The smallest absolute Gasteiger partial charge is 0.163 e. The average Bonchev–Trinajstić information content (AvgIpc) is 2.23. The molecule has 3 heterocycles. The molecule has 1 N–H and O–H groups in total. The number of carbonyl (C=O) groups excluding carboxylic acids is 1. The van der Waals surface area contributed by atoms with Crippen LogP contribution >= 0.6 is 0 Å². The van der Waals surface area contributed by atoms with E-state index in [4.69, 9.17) is 4.74 Å². The number of rotatable bonds is 3. The van der Waals surface area contributed by atoms with Crippen molar-refractivity contribution in [1.82, 2.24) is 4.90 Å². The van der Waals surface area contributed by atoms with Gasteiger partial charge in [-0.1, -0.05) is 6.92 Å². The largest absolute Gasteiger partial charge is 0.394 e. The van der Waals surface area contributed by atoms with Gasteiger partial charge < -0.3 is 9.84 Å². The average molecular weight is 241 g/mol. The topological polar surface area (TPSA) is 49.8 Å². The molecule has 4 nitrogen and oxygen atoms in total. The highest BCUT2D eigenvalue weighted by Crippen LogP contribution is 2.52. The molecule has 3 fully saturated rings. The van der Waals surface area contributed by atoms with E-state index < -0.39 is 5.54 Å². The van der Waals surface area contributed by atoms with Crippen LogP contribution in [0.4, 0.5) is 0 Å². The van der Waals surface area contributed by atoms with Gasteiger partial charge in [0.25, 0.3) is 0 Å². The predicted molar refractivity (Wildman–Crippen MR) is 64.8 cm³/mol. The molecule has 3 saturated heterocycles. The first-order valence-electron chi connectivity index (χ1n) is 6.25. The Morgan fingerprint density at radius 1 is 1.41 bits per heavy atom. The van der Waals surface area contributed by atoms with Gasteiger partial charge in [-0.15, -0.1) is 0 Å². The summed E-state index contributed by atoms with van der Waals surface area (Å²) in [5.74, 6) is 0.153. The molecule has 3 aliphatic heterocycles. The Labute approximate surface area is 103 Å². The Balaban J connectivity index is 2.48. The van der Waals surface area contributed by atoms with Gasteiger partial charge in [0.15, 0.2) is 5.78 Å². The molecule has 0 aromatic rings. The molecule has 0 saturated carbocycles. The number of fused-ring (bicyclic) bond motifs is 3. The van der Waals surface area contributed by atoms with Gasteiger partial charge in [0, 0.05) is 24.6 Å². The molecule has 0 aliphatic carbocycles. The maximum atomic E-state index is 12.7. The summed E-state index contributed by atoms with van der Waals surface area (Å²) in [5, 5.41) is 9.77. The first-order chi connectivity index (χ1) is 7.82. The van der Waals surface area contributed by atoms with E-state index in [9.17, 15) is 9.90 Å². The molecular weight excluding hydrogens is 218 g/mol. The number of hydrogen-bond acceptors (Lipinski definition) is 4. The van der Waals surface area contributed by atoms with E-state index >= 15 is 0 Å². The SMILES string of the molecule is COCC1(CO)C(=O)C2(C)CCN1C(C)(C)C2. The minimum absolute atomic E-state index is 0.0534. The first kappa shape index (κ1) is 13.0. The van der Waals surface area contributed by atoms with E-state index in [2.05, 4.69) is 18.7 Å². The zero-order chi connectivity index (χ0) is 12.9. The molecule has 3 rings (SSSR count). The summed E-state index contributed by atoms with van der Waals surface area (Å²) in [4.78, 5) is 14.8. The molecule has 98 valence electrons. The molecule has 0 aromatic carbocycles. The molecular formula is C13H23NO3. The second-order valence-corrected chi connectivity index (χ2v) is 6.40. The van der Waals surface area contributed by atoms with Gasteiger partial charge in [0.1, 0.15) is 5.54 Å². The highest BCUT2D eigenvalue weighted by Gasteiger charge is 2.63. The lowest BCUT2D eigenvalue weighted by Gasteiger charge is -2.63. The van der Waals surface area contributed by atoms with Crippen molar-refractivity contribution in [1.29, 1.82) is 0 Å². The molecule has 0 amide bonds. The van der Waals surface area contributed by atoms with Crippen molar-refractivity contribution in [3.05, 3.63) is 0 Å².